The van der Waals surface area contributed by atoms with Crippen molar-refractivity contribution in [2.24, 2.45) is 5.92 Å². The van der Waals surface area contributed by atoms with Gasteiger partial charge in [-0.2, -0.15) is 0 Å². The molecule has 0 aromatic rings. The molecular formula is C10H19NO2. The maximum Gasteiger partial charge on any atom is 0.155 e. The number of rotatable bonds is 5. The topological polar surface area (TPSA) is 29.5 Å². The minimum Gasteiger partial charge on any atom is -0.368 e. The van der Waals surface area contributed by atoms with E-state index in [2.05, 4.69) is 18.7 Å². The Morgan fingerprint density at radius 1 is 1.54 bits per heavy atom. The minimum atomic E-state index is 0.113. The zero-order chi connectivity index (χ0) is 9.84. The van der Waals surface area contributed by atoms with Gasteiger partial charge < -0.3 is 4.74 Å². The first kappa shape index (κ1) is 10.7. The van der Waals surface area contributed by atoms with E-state index in [-0.39, 0.29) is 12.4 Å². The molecule has 0 spiro atoms. The summed E-state index contributed by atoms with van der Waals surface area (Å²) in [5.41, 5.74) is 0. The molecule has 0 amide bonds. The Labute approximate surface area is 80.1 Å². The van der Waals surface area contributed by atoms with E-state index in [1.807, 2.05) is 0 Å². The van der Waals surface area contributed by atoms with Crippen molar-refractivity contribution >= 4 is 5.78 Å². The lowest BCUT2D eigenvalue weighted by Crippen LogP contribution is -2.53. The summed E-state index contributed by atoms with van der Waals surface area (Å²) in [5, 5.41) is 0. The zero-order valence-electron chi connectivity index (χ0n) is 8.75. The van der Waals surface area contributed by atoms with Crippen molar-refractivity contribution < 1.29 is 9.53 Å². The molecule has 3 nitrogen and oxygen atoms in total. The van der Waals surface area contributed by atoms with Crippen LogP contribution < -0.4 is 0 Å². The number of nitrogens with zero attached hydrogens (tertiary/aromatic N) is 1. The fraction of sp³-hybridized carbons (Fsp3) is 0.900. The summed E-state index contributed by atoms with van der Waals surface area (Å²) in [6.07, 6.45) is 0.294. The van der Waals surface area contributed by atoms with Crippen LogP contribution in [0.4, 0.5) is 0 Å². The highest BCUT2D eigenvalue weighted by Gasteiger charge is 2.27. The van der Waals surface area contributed by atoms with Crippen molar-refractivity contribution in [3.05, 3.63) is 0 Å². The first-order valence-corrected chi connectivity index (χ1v) is 4.91. The first-order chi connectivity index (χ1) is 6.08. The van der Waals surface area contributed by atoms with Gasteiger partial charge in [-0.05, 0) is 12.8 Å². The molecule has 13 heavy (non-hydrogen) atoms. The Morgan fingerprint density at radius 3 is 2.62 bits per heavy atom. The van der Waals surface area contributed by atoms with Crippen LogP contribution in [0, 0.1) is 5.92 Å². The Bertz CT molecular complexity index is 174. The third kappa shape index (κ3) is 3.87. The number of hydrogen-bond donors (Lipinski definition) is 0. The molecule has 0 saturated carbocycles. The van der Waals surface area contributed by atoms with Crippen molar-refractivity contribution in [1.29, 1.82) is 0 Å². The Balaban J connectivity index is 2.02. The van der Waals surface area contributed by atoms with Crippen LogP contribution in [0.3, 0.4) is 0 Å². The van der Waals surface area contributed by atoms with E-state index in [0.29, 0.717) is 12.0 Å². The Kier molecular flexibility index (Phi) is 3.88. The summed E-state index contributed by atoms with van der Waals surface area (Å²) in [6.45, 7) is 9.38. The van der Waals surface area contributed by atoms with Crippen molar-refractivity contribution in [3.8, 4) is 0 Å². The summed E-state index contributed by atoms with van der Waals surface area (Å²) in [4.78, 5) is 13.0. The van der Waals surface area contributed by atoms with Crippen LogP contribution in [0.2, 0.25) is 0 Å². The van der Waals surface area contributed by atoms with E-state index in [9.17, 15) is 4.79 Å². The second-order valence-electron chi connectivity index (χ2n) is 4.25. The fourth-order valence-electron chi connectivity index (χ4n) is 1.53. The SMILES string of the molecule is CC(=O)COC1CN(CC(C)C)C1. The van der Waals surface area contributed by atoms with Crippen LogP contribution in [-0.4, -0.2) is 43.0 Å². The van der Waals surface area contributed by atoms with Gasteiger partial charge in [0, 0.05) is 19.6 Å². The summed E-state index contributed by atoms with van der Waals surface area (Å²) in [6, 6.07) is 0. The van der Waals surface area contributed by atoms with Crippen LogP contribution >= 0.6 is 0 Å². The fourth-order valence-corrected chi connectivity index (χ4v) is 1.53. The van der Waals surface area contributed by atoms with Crippen molar-refractivity contribution in [3.63, 3.8) is 0 Å². The van der Waals surface area contributed by atoms with Crippen LogP contribution in [-0.2, 0) is 9.53 Å². The molecule has 0 atom stereocenters. The van der Waals surface area contributed by atoms with Gasteiger partial charge in [-0.25, -0.2) is 0 Å². The van der Waals surface area contributed by atoms with E-state index in [1.165, 1.54) is 0 Å². The van der Waals surface area contributed by atoms with Gasteiger partial charge in [0.1, 0.15) is 6.61 Å². The summed E-state index contributed by atoms with van der Waals surface area (Å²) < 4.78 is 5.36. The molecule has 1 rings (SSSR count). The monoisotopic (exact) mass is 185 g/mol. The molecule has 0 radical (unpaired) electrons. The lowest BCUT2D eigenvalue weighted by Gasteiger charge is -2.39. The second kappa shape index (κ2) is 4.72. The third-order valence-corrected chi connectivity index (χ3v) is 2.07. The predicted molar refractivity (Wildman–Crippen MR) is 51.7 cm³/mol. The number of carbonyl (C=O) groups excluding carboxylic acids is 1. The van der Waals surface area contributed by atoms with Crippen LogP contribution in [0.15, 0.2) is 0 Å². The van der Waals surface area contributed by atoms with Crippen molar-refractivity contribution in [2.45, 2.75) is 26.9 Å². The molecule has 0 N–H and O–H groups in total. The van der Waals surface area contributed by atoms with Gasteiger partial charge >= 0.3 is 0 Å². The Hall–Kier alpha value is -0.410. The molecule has 1 fully saturated rings. The molecule has 1 heterocycles. The van der Waals surface area contributed by atoms with Gasteiger partial charge in [0.15, 0.2) is 5.78 Å². The van der Waals surface area contributed by atoms with Crippen molar-refractivity contribution in [1.82, 2.24) is 4.90 Å². The lowest BCUT2D eigenvalue weighted by molar-refractivity contribution is -0.128. The third-order valence-electron chi connectivity index (χ3n) is 2.07. The van der Waals surface area contributed by atoms with Gasteiger partial charge in [0.2, 0.25) is 0 Å². The number of carbonyl (C=O) groups is 1. The maximum atomic E-state index is 10.6. The average molecular weight is 185 g/mol. The zero-order valence-corrected chi connectivity index (χ0v) is 8.75. The normalized spacial score (nSPS) is 19.1. The second-order valence-corrected chi connectivity index (χ2v) is 4.25. The number of ketones is 1. The van der Waals surface area contributed by atoms with E-state index in [4.69, 9.17) is 4.74 Å². The van der Waals surface area contributed by atoms with E-state index in [0.717, 1.165) is 19.6 Å². The van der Waals surface area contributed by atoms with Crippen LogP contribution in [0.5, 0.6) is 0 Å². The van der Waals surface area contributed by atoms with E-state index in [1.54, 1.807) is 6.92 Å². The molecular weight excluding hydrogens is 166 g/mol. The molecule has 0 unspecified atom stereocenters. The van der Waals surface area contributed by atoms with E-state index < -0.39 is 0 Å². The molecule has 1 aliphatic rings. The van der Waals surface area contributed by atoms with Crippen molar-refractivity contribution in [2.75, 3.05) is 26.2 Å². The maximum absolute atomic E-state index is 10.6. The number of likely N-dealkylation sites (tertiary alicyclic amines) is 1. The van der Waals surface area contributed by atoms with Gasteiger partial charge in [-0.1, -0.05) is 13.8 Å². The Morgan fingerprint density at radius 2 is 2.15 bits per heavy atom. The van der Waals surface area contributed by atoms with Gasteiger partial charge in [-0.3, -0.25) is 9.69 Å². The summed E-state index contributed by atoms with van der Waals surface area (Å²) >= 11 is 0. The van der Waals surface area contributed by atoms with Crippen LogP contribution in [0.25, 0.3) is 0 Å². The molecule has 0 aromatic carbocycles. The molecule has 1 aliphatic heterocycles. The standard InChI is InChI=1S/C10H19NO2/c1-8(2)4-11-5-10(6-11)13-7-9(3)12/h8,10H,4-7H2,1-3H3. The molecule has 76 valence electrons. The van der Waals surface area contributed by atoms with Gasteiger partial charge in [0.05, 0.1) is 6.10 Å². The summed E-state index contributed by atoms with van der Waals surface area (Å²) in [7, 11) is 0. The molecule has 0 aliphatic carbocycles. The smallest absolute Gasteiger partial charge is 0.155 e. The number of Topliss-reactive ketones (excluding diaryl/α,β-unsaturated/α-hetero) is 1. The quantitative estimate of drug-likeness (QED) is 0.638. The average Bonchev–Trinajstić information content (AvgIpc) is 1.92. The molecule has 1 saturated heterocycles. The molecule has 0 bridgehead atoms. The summed E-state index contributed by atoms with van der Waals surface area (Å²) in [5.74, 6) is 0.830. The molecule has 0 aromatic heterocycles. The minimum absolute atomic E-state index is 0.113. The number of hydrogen-bond acceptors (Lipinski definition) is 3. The number of ether oxygens (including phenoxy) is 1. The van der Waals surface area contributed by atoms with Gasteiger partial charge in [0.25, 0.3) is 0 Å². The predicted octanol–water partition coefficient (Wildman–Crippen LogP) is 0.932. The first-order valence-electron chi connectivity index (χ1n) is 4.91. The lowest BCUT2D eigenvalue weighted by atomic mass is 10.1. The van der Waals surface area contributed by atoms with Crippen LogP contribution in [0.1, 0.15) is 20.8 Å². The van der Waals surface area contributed by atoms with E-state index >= 15 is 0 Å². The largest absolute Gasteiger partial charge is 0.368 e. The highest BCUT2D eigenvalue weighted by molar-refractivity contribution is 5.76. The highest BCUT2D eigenvalue weighted by atomic mass is 16.5. The highest BCUT2D eigenvalue weighted by Crippen LogP contribution is 2.13. The molecule has 3 heteroatoms. The van der Waals surface area contributed by atoms with Gasteiger partial charge in [-0.15, -0.1) is 0 Å².